The van der Waals surface area contributed by atoms with E-state index in [1.807, 2.05) is 0 Å². The second kappa shape index (κ2) is 9.72. The third kappa shape index (κ3) is 4.46. The van der Waals surface area contributed by atoms with Gasteiger partial charge in [0.15, 0.2) is 0 Å². The molecule has 32 heavy (non-hydrogen) atoms. The van der Waals surface area contributed by atoms with Gasteiger partial charge >= 0.3 is 5.97 Å². The maximum absolute atomic E-state index is 13.3. The van der Waals surface area contributed by atoms with Crippen molar-refractivity contribution in [2.75, 3.05) is 18.5 Å². The lowest BCUT2D eigenvalue weighted by atomic mass is 10.1. The Kier molecular flexibility index (Phi) is 6.97. The number of anilines is 1. The number of amides is 1. The maximum Gasteiger partial charge on any atom is 0.341 e. The normalized spacial score (nSPS) is 19.2. The van der Waals surface area contributed by atoms with Crippen LogP contribution in [0.5, 0.6) is 0 Å². The molecule has 0 spiro atoms. The molecule has 1 N–H and O–H groups in total. The Morgan fingerprint density at radius 1 is 1.12 bits per heavy atom. The van der Waals surface area contributed by atoms with Gasteiger partial charge in [-0.2, -0.15) is 4.31 Å². The van der Waals surface area contributed by atoms with Crippen LogP contribution in [0, 0.1) is 0 Å². The summed E-state index contributed by atoms with van der Waals surface area (Å²) in [5.74, 6) is -0.827. The average Bonchev–Trinajstić information content (AvgIpc) is 3.34. The van der Waals surface area contributed by atoms with E-state index < -0.39 is 27.9 Å². The zero-order chi connectivity index (χ0) is 22.7. The zero-order valence-corrected chi connectivity index (χ0v) is 19.8. The Morgan fingerprint density at radius 3 is 2.62 bits per heavy atom. The van der Waals surface area contributed by atoms with Crippen LogP contribution in [0.4, 0.5) is 5.00 Å². The fraction of sp³-hybridized carbons (Fsp3) is 0.478. The van der Waals surface area contributed by atoms with Crippen LogP contribution in [-0.2, 0) is 32.4 Å². The minimum atomic E-state index is -3.78. The van der Waals surface area contributed by atoms with Gasteiger partial charge in [-0.1, -0.05) is 24.6 Å². The number of esters is 1. The molecule has 1 aromatic heterocycles. The van der Waals surface area contributed by atoms with Crippen LogP contribution in [0.25, 0.3) is 0 Å². The van der Waals surface area contributed by atoms with Crippen molar-refractivity contribution >= 4 is 38.2 Å². The molecule has 7 nitrogen and oxygen atoms in total. The van der Waals surface area contributed by atoms with E-state index in [1.54, 1.807) is 25.1 Å². The van der Waals surface area contributed by atoms with Gasteiger partial charge < -0.3 is 10.1 Å². The molecule has 172 valence electrons. The zero-order valence-electron chi connectivity index (χ0n) is 18.1. The molecule has 0 bridgehead atoms. The second-order valence-electron chi connectivity index (χ2n) is 8.07. The Labute approximate surface area is 192 Å². The number of rotatable bonds is 6. The van der Waals surface area contributed by atoms with Gasteiger partial charge in [-0.15, -0.1) is 11.3 Å². The van der Waals surface area contributed by atoms with Crippen molar-refractivity contribution in [1.82, 2.24) is 4.31 Å². The van der Waals surface area contributed by atoms with Gasteiger partial charge in [-0.05, 0) is 63.1 Å². The molecule has 1 fully saturated rings. The summed E-state index contributed by atoms with van der Waals surface area (Å²) in [4.78, 5) is 27.3. The summed E-state index contributed by atoms with van der Waals surface area (Å²) < 4.78 is 32.8. The monoisotopic (exact) mass is 476 g/mol. The quantitative estimate of drug-likeness (QED) is 0.503. The summed E-state index contributed by atoms with van der Waals surface area (Å²) in [5, 5.41) is 3.37. The SMILES string of the molecule is CCOC(=O)c1c(NC(=O)[C@H]2CCCN2S(=O)(=O)c2ccccc2)sc2c1CCCCC2. The standard InChI is InChI=1S/C23H28N2O5S2/c1-2-30-23(27)20-17-12-7-4-8-14-19(17)31-22(20)24-21(26)18-13-9-15-25(18)32(28,29)16-10-5-3-6-11-16/h3,5-6,10-11,18H,2,4,7-9,12-15H2,1H3,(H,24,26)/t18-/m1/s1. The molecule has 2 aliphatic rings. The topological polar surface area (TPSA) is 92.8 Å². The van der Waals surface area contributed by atoms with Gasteiger partial charge in [0.25, 0.3) is 0 Å². The number of fused-ring (bicyclic) bond motifs is 1. The molecule has 0 saturated carbocycles. The molecule has 1 aliphatic heterocycles. The van der Waals surface area contributed by atoms with Crippen molar-refractivity contribution in [2.24, 2.45) is 0 Å². The van der Waals surface area contributed by atoms with Crippen molar-refractivity contribution < 1.29 is 22.7 Å². The second-order valence-corrected chi connectivity index (χ2v) is 11.1. The number of ether oxygens (including phenoxy) is 1. The number of thiophene rings is 1. The molecule has 1 amide bonds. The number of nitrogens with one attached hydrogen (secondary N) is 1. The van der Waals surface area contributed by atoms with E-state index in [4.69, 9.17) is 4.74 Å². The summed E-state index contributed by atoms with van der Waals surface area (Å²) in [6, 6.07) is 7.36. The Bertz CT molecular complexity index is 1100. The predicted molar refractivity (Wildman–Crippen MR) is 124 cm³/mol. The number of hydrogen-bond donors (Lipinski definition) is 1. The molecular formula is C23H28N2O5S2. The number of benzene rings is 1. The Morgan fingerprint density at radius 2 is 1.88 bits per heavy atom. The number of carbonyl (C=O) groups excluding carboxylic acids is 2. The highest BCUT2D eigenvalue weighted by Gasteiger charge is 2.40. The largest absolute Gasteiger partial charge is 0.462 e. The van der Waals surface area contributed by atoms with Crippen molar-refractivity contribution in [3.8, 4) is 0 Å². The van der Waals surface area contributed by atoms with Crippen molar-refractivity contribution in [1.29, 1.82) is 0 Å². The summed E-state index contributed by atoms with van der Waals surface area (Å²) in [6.07, 6.45) is 5.87. The Hall–Kier alpha value is -2.23. The minimum Gasteiger partial charge on any atom is -0.462 e. The summed E-state index contributed by atoms with van der Waals surface area (Å²) in [7, 11) is -3.78. The third-order valence-electron chi connectivity index (χ3n) is 5.99. The number of aryl methyl sites for hydroxylation is 1. The smallest absolute Gasteiger partial charge is 0.341 e. The lowest BCUT2D eigenvalue weighted by molar-refractivity contribution is -0.119. The highest BCUT2D eigenvalue weighted by Crippen LogP contribution is 2.38. The molecule has 1 saturated heterocycles. The molecular weight excluding hydrogens is 448 g/mol. The van der Waals surface area contributed by atoms with E-state index in [0.717, 1.165) is 42.5 Å². The van der Waals surface area contributed by atoms with Crippen LogP contribution in [0.1, 0.15) is 59.8 Å². The predicted octanol–water partition coefficient (Wildman–Crippen LogP) is 3.99. The van der Waals surface area contributed by atoms with E-state index in [-0.39, 0.29) is 11.5 Å². The highest BCUT2D eigenvalue weighted by atomic mass is 32.2. The lowest BCUT2D eigenvalue weighted by Gasteiger charge is -2.23. The van der Waals surface area contributed by atoms with Crippen LogP contribution < -0.4 is 5.32 Å². The van der Waals surface area contributed by atoms with Crippen LogP contribution in [-0.4, -0.2) is 43.8 Å². The van der Waals surface area contributed by atoms with Crippen LogP contribution in [0.15, 0.2) is 35.2 Å². The molecule has 2 heterocycles. The van der Waals surface area contributed by atoms with Crippen LogP contribution in [0.2, 0.25) is 0 Å². The first-order valence-electron chi connectivity index (χ1n) is 11.1. The number of hydrogen-bond acceptors (Lipinski definition) is 6. The fourth-order valence-electron chi connectivity index (χ4n) is 4.46. The minimum absolute atomic E-state index is 0.176. The Balaban J connectivity index is 1.61. The van der Waals surface area contributed by atoms with E-state index in [9.17, 15) is 18.0 Å². The summed E-state index contributed by atoms with van der Waals surface area (Å²) >= 11 is 1.42. The molecule has 2 aromatic rings. The van der Waals surface area contributed by atoms with Gasteiger partial charge in [-0.25, -0.2) is 13.2 Å². The third-order valence-corrected chi connectivity index (χ3v) is 9.12. The highest BCUT2D eigenvalue weighted by molar-refractivity contribution is 7.89. The van der Waals surface area contributed by atoms with E-state index in [2.05, 4.69) is 5.32 Å². The van der Waals surface area contributed by atoms with Gasteiger partial charge in [0.05, 0.1) is 17.1 Å². The van der Waals surface area contributed by atoms with E-state index >= 15 is 0 Å². The molecule has 4 rings (SSSR count). The van der Waals surface area contributed by atoms with Crippen molar-refractivity contribution in [2.45, 2.75) is 62.8 Å². The lowest BCUT2D eigenvalue weighted by Crippen LogP contribution is -2.43. The summed E-state index contributed by atoms with van der Waals surface area (Å²) in [5.41, 5.74) is 1.42. The van der Waals surface area contributed by atoms with Gasteiger partial charge in [0.1, 0.15) is 11.0 Å². The van der Waals surface area contributed by atoms with E-state index in [1.165, 1.54) is 27.8 Å². The molecule has 9 heteroatoms. The van der Waals surface area contributed by atoms with Crippen molar-refractivity contribution in [3.05, 3.63) is 46.3 Å². The molecule has 1 aromatic carbocycles. The first-order chi connectivity index (χ1) is 15.4. The number of sulfonamides is 1. The van der Waals surface area contributed by atoms with Gasteiger partial charge in [0, 0.05) is 11.4 Å². The van der Waals surface area contributed by atoms with E-state index in [0.29, 0.717) is 30.0 Å². The van der Waals surface area contributed by atoms with Crippen molar-refractivity contribution in [3.63, 3.8) is 0 Å². The summed E-state index contributed by atoms with van der Waals surface area (Å²) in [6.45, 7) is 2.30. The van der Waals surface area contributed by atoms with Gasteiger partial charge in [-0.3, -0.25) is 4.79 Å². The average molecular weight is 477 g/mol. The maximum atomic E-state index is 13.3. The fourth-order valence-corrected chi connectivity index (χ4v) is 7.42. The molecule has 1 aliphatic carbocycles. The molecule has 0 radical (unpaired) electrons. The number of carbonyl (C=O) groups is 2. The molecule has 0 unspecified atom stereocenters. The first-order valence-corrected chi connectivity index (χ1v) is 13.4. The van der Waals surface area contributed by atoms with Gasteiger partial charge in [0.2, 0.25) is 15.9 Å². The van der Waals surface area contributed by atoms with Crippen LogP contribution >= 0.6 is 11.3 Å². The molecule has 1 atom stereocenters. The van der Waals surface area contributed by atoms with Crippen LogP contribution in [0.3, 0.4) is 0 Å². The first kappa shape index (κ1) is 22.9. The number of nitrogens with zero attached hydrogens (tertiary/aromatic N) is 1.